The van der Waals surface area contributed by atoms with Crippen molar-refractivity contribution in [3.63, 3.8) is 0 Å². The summed E-state index contributed by atoms with van der Waals surface area (Å²) in [7, 11) is -3.72. The second-order valence-electron chi connectivity index (χ2n) is 8.12. The zero-order chi connectivity index (χ0) is 25.7. The SMILES string of the molecule is N#CC1CC(Oc2ccc(-c3ccnc(Nc4csc(NS(=O)(=O)c5ccccc5)n4)n3)cc2)CCO1. The summed E-state index contributed by atoms with van der Waals surface area (Å²) in [6.45, 7) is 0.511. The van der Waals surface area contributed by atoms with Crippen molar-refractivity contribution in [2.75, 3.05) is 16.6 Å². The minimum atomic E-state index is -3.72. The Hall–Kier alpha value is -4.05. The summed E-state index contributed by atoms with van der Waals surface area (Å²) in [6.07, 6.45) is 2.44. The molecule has 0 saturated carbocycles. The maximum absolute atomic E-state index is 12.5. The van der Waals surface area contributed by atoms with E-state index in [9.17, 15) is 8.42 Å². The number of sulfonamides is 1. The van der Waals surface area contributed by atoms with E-state index in [1.54, 1.807) is 35.8 Å². The Morgan fingerprint density at radius 2 is 1.89 bits per heavy atom. The Bertz CT molecular complexity index is 1500. The molecule has 2 aromatic heterocycles. The lowest BCUT2D eigenvalue weighted by Crippen LogP contribution is -2.31. The number of thiazole rings is 1. The number of nitrogens with one attached hydrogen (secondary N) is 2. The van der Waals surface area contributed by atoms with Gasteiger partial charge in [-0.3, -0.25) is 4.72 Å². The van der Waals surface area contributed by atoms with Crippen LogP contribution >= 0.6 is 11.3 Å². The molecule has 37 heavy (non-hydrogen) atoms. The highest BCUT2D eigenvalue weighted by Gasteiger charge is 2.23. The molecular formula is C25H22N6O4S2. The largest absolute Gasteiger partial charge is 0.490 e. The molecule has 1 aliphatic heterocycles. The van der Waals surface area contributed by atoms with Crippen molar-refractivity contribution in [2.24, 2.45) is 0 Å². The third kappa shape index (κ3) is 6.21. The van der Waals surface area contributed by atoms with Crippen LogP contribution in [-0.4, -0.2) is 42.2 Å². The number of rotatable bonds is 8. The van der Waals surface area contributed by atoms with Crippen LogP contribution in [0.15, 0.2) is 77.1 Å². The molecule has 0 bridgehead atoms. The number of ether oxygens (including phenoxy) is 2. The minimum absolute atomic E-state index is 0.0562. The zero-order valence-corrected chi connectivity index (χ0v) is 21.1. The number of nitriles is 1. The number of aromatic nitrogens is 3. The lowest BCUT2D eigenvalue weighted by Gasteiger charge is -2.26. The number of nitrogens with zero attached hydrogens (tertiary/aromatic N) is 4. The molecule has 12 heteroatoms. The first-order valence-electron chi connectivity index (χ1n) is 11.4. The van der Waals surface area contributed by atoms with Gasteiger partial charge in [-0.15, -0.1) is 11.3 Å². The predicted octanol–water partition coefficient (Wildman–Crippen LogP) is 4.59. The maximum Gasteiger partial charge on any atom is 0.263 e. The molecule has 188 valence electrons. The predicted molar refractivity (Wildman–Crippen MR) is 139 cm³/mol. The molecule has 2 aromatic carbocycles. The van der Waals surface area contributed by atoms with Crippen LogP contribution in [0, 0.1) is 11.3 Å². The van der Waals surface area contributed by atoms with Crippen molar-refractivity contribution in [3.8, 4) is 23.1 Å². The summed E-state index contributed by atoms with van der Waals surface area (Å²) in [5, 5.41) is 14.0. The van der Waals surface area contributed by atoms with Crippen LogP contribution in [0.5, 0.6) is 5.75 Å². The normalized spacial score (nSPS) is 17.5. The molecule has 0 amide bonds. The fraction of sp³-hybridized carbons (Fsp3) is 0.200. The Morgan fingerprint density at radius 3 is 2.68 bits per heavy atom. The van der Waals surface area contributed by atoms with Gasteiger partial charge in [0.2, 0.25) is 5.95 Å². The fourth-order valence-corrected chi connectivity index (χ4v) is 5.62. The van der Waals surface area contributed by atoms with Crippen LogP contribution in [0.3, 0.4) is 0 Å². The van der Waals surface area contributed by atoms with Gasteiger partial charge in [0.05, 0.1) is 23.3 Å². The highest BCUT2D eigenvalue weighted by Crippen LogP contribution is 2.27. The van der Waals surface area contributed by atoms with E-state index in [1.165, 1.54) is 12.1 Å². The average Bonchev–Trinajstić information content (AvgIpc) is 3.35. The molecule has 0 aliphatic carbocycles. The summed E-state index contributed by atoms with van der Waals surface area (Å²) in [5.41, 5.74) is 1.56. The first kappa shape index (κ1) is 24.6. The highest BCUT2D eigenvalue weighted by molar-refractivity contribution is 7.93. The first-order valence-corrected chi connectivity index (χ1v) is 13.8. The van der Waals surface area contributed by atoms with Crippen LogP contribution < -0.4 is 14.8 Å². The first-order chi connectivity index (χ1) is 18.0. The van der Waals surface area contributed by atoms with Gasteiger partial charge in [-0.2, -0.15) is 5.26 Å². The Labute approximate surface area is 218 Å². The fourth-order valence-electron chi connectivity index (χ4n) is 3.71. The van der Waals surface area contributed by atoms with Crippen molar-refractivity contribution in [3.05, 3.63) is 72.2 Å². The maximum atomic E-state index is 12.5. The van der Waals surface area contributed by atoms with Crippen molar-refractivity contribution >= 4 is 38.3 Å². The number of hydrogen-bond donors (Lipinski definition) is 2. The van der Waals surface area contributed by atoms with Crippen LogP contribution in [0.2, 0.25) is 0 Å². The molecule has 1 saturated heterocycles. The van der Waals surface area contributed by atoms with Gasteiger partial charge < -0.3 is 14.8 Å². The Balaban J connectivity index is 1.23. The molecule has 10 nitrogen and oxygen atoms in total. The summed E-state index contributed by atoms with van der Waals surface area (Å²) in [4.78, 5) is 13.2. The van der Waals surface area contributed by atoms with E-state index < -0.39 is 16.1 Å². The van der Waals surface area contributed by atoms with E-state index in [-0.39, 0.29) is 16.1 Å². The molecule has 5 rings (SSSR count). The van der Waals surface area contributed by atoms with Crippen LogP contribution in [-0.2, 0) is 14.8 Å². The van der Waals surface area contributed by atoms with Gasteiger partial charge >= 0.3 is 0 Å². The number of benzene rings is 2. The third-order valence-corrected chi connectivity index (χ3v) is 7.75. The van der Waals surface area contributed by atoms with Gasteiger partial charge in [0.25, 0.3) is 10.0 Å². The molecule has 2 N–H and O–H groups in total. The smallest absolute Gasteiger partial charge is 0.263 e. The van der Waals surface area contributed by atoms with E-state index in [0.29, 0.717) is 36.2 Å². The van der Waals surface area contributed by atoms with Gasteiger partial charge in [0.1, 0.15) is 23.8 Å². The van der Waals surface area contributed by atoms with Crippen LogP contribution in [0.4, 0.5) is 16.9 Å². The third-order valence-electron chi connectivity index (χ3n) is 5.51. The van der Waals surface area contributed by atoms with Crippen molar-refractivity contribution in [2.45, 2.75) is 29.9 Å². The van der Waals surface area contributed by atoms with E-state index in [1.807, 2.05) is 24.3 Å². The number of hydrogen-bond acceptors (Lipinski definition) is 10. The summed E-state index contributed by atoms with van der Waals surface area (Å²) < 4.78 is 38.9. The second kappa shape index (κ2) is 10.9. The quantitative estimate of drug-likeness (QED) is 0.332. The van der Waals surface area contributed by atoms with Crippen LogP contribution in [0.25, 0.3) is 11.3 Å². The van der Waals surface area contributed by atoms with Crippen LogP contribution in [0.1, 0.15) is 12.8 Å². The summed E-state index contributed by atoms with van der Waals surface area (Å²) >= 11 is 1.15. The van der Waals surface area contributed by atoms with E-state index in [0.717, 1.165) is 23.3 Å². The summed E-state index contributed by atoms with van der Waals surface area (Å²) in [5.74, 6) is 1.46. The van der Waals surface area contributed by atoms with Crippen molar-refractivity contribution in [1.29, 1.82) is 5.26 Å². The van der Waals surface area contributed by atoms with E-state index in [2.05, 4.69) is 31.1 Å². The Morgan fingerprint density at radius 1 is 1.08 bits per heavy atom. The lowest BCUT2D eigenvalue weighted by molar-refractivity contribution is -0.00793. The Kier molecular flexibility index (Phi) is 7.27. The van der Waals surface area contributed by atoms with Gasteiger partial charge in [0.15, 0.2) is 5.13 Å². The molecule has 1 fully saturated rings. The molecule has 0 radical (unpaired) electrons. The monoisotopic (exact) mass is 534 g/mol. The molecule has 1 aliphatic rings. The lowest BCUT2D eigenvalue weighted by atomic mass is 10.1. The van der Waals surface area contributed by atoms with Gasteiger partial charge in [-0.25, -0.2) is 23.4 Å². The highest BCUT2D eigenvalue weighted by atomic mass is 32.2. The molecule has 2 unspecified atom stereocenters. The second-order valence-corrected chi connectivity index (χ2v) is 10.7. The van der Waals surface area contributed by atoms with E-state index >= 15 is 0 Å². The molecule has 3 heterocycles. The zero-order valence-electron chi connectivity index (χ0n) is 19.4. The van der Waals surface area contributed by atoms with Gasteiger partial charge in [0, 0.05) is 30.0 Å². The molecule has 4 aromatic rings. The summed E-state index contributed by atoms with van der Waals surface area (Å²) in [6, 6.07) is 19.6. The minimum Gasteiger partial charge on any atom is -0.490 e. The molecule has 2 atom stereocenters. The van der Waals surface area contributed by atoms with Crippen molar-refractivity contribution in [1.82, 2.24) is 15.0 Å². The number of anilines is 3. The molecule has 0 spiro atoms. The average molecular weight is 535 g/mol. The molecular weight excluding hydrogens is 512 g/mol. The van der Waals surface area contributed by atoms with Gasteiger partial charge in [-0.05, 0) is 42.5 Å². The standard InChI is InChI=1S/C25H22N6O4S2/c26-15-20-14-19(11-13-34-20)35-18-8-6-17(7-9-18)22-10-12-27-24(28-22)29-23-16-36-25(30-23)31-37(32,33)21-4-2-1-3-5-21/h1-10,12,16,19-20H,11,13-14H2,(H,30,31)(H,27,28,29). The topological polar surface area (TPSA) is 139 Å². The van der Waals surface area contributed by atoms with Crippen molar-refractivity contribution < 1.29 is 17.9 Å². The van der Waals surface area contributed by atoms with E-state index in [4.69, 9.17) is 14.7 Å². The van der Waals surface area contributed by atoms with Gasteiger partial charge in [-0.1, -0.05) is 18.2 Å².